The summed E-state index contributed by atoms with van der Waals surface area (Å²) >= 11 is 19.5. The van der Waals surface area contributed by atoms with Crippen LogP contribution in [-0.2, 0) is 90.9 Å². The van der Waals surface area contributed by atoms with Crippen LogP contribution in [0, 0.1) is 4.77 Å². The summed E-state index contributed by atoms with van der Waals surface area (Å²) in [4.78, 5) is 77.5. The summed E-state index contributed by atoms with van der Waals surface area (Å²) in [7, 11) is 7.04. The van der Waals surface area contributed by atoms with Crippen LogP contribution >= 0.6 is 64.3 Å². The molecule has 0 bridgehead atoms. The molecule has 4 aromatic carbocycles. The average molecular weight is 1790 g/mol. The predicted molar refractivity (Wildman–Crippen MR) is 456 cm³/mol. The van der Waals surface area contributed by atoms with E-state index in [1.54, 1.807) is 67.8 Å². The van der Waals surface area contributed by atoms with Crippen molar-refractivity contribution in [2.24, 2.45) is 19.9 Å². The molecular formula is C80H97BrN16O19S4. The number of alkyl halides is 1. The number of anilines is 2. The van der Waals surface area contributed by atoms with Crippen LogP contribution in [0.1, 0.15) is 144 Å². The fourth-order valence-corrected chi connectivity index (χ4v) is 14.7. The lowest BCUT2D eigenvalue weighted by Crippen LogP contribution is -2.46. The SMILES string of the molecule is BrCCc1ccc2c(n1)NCCC2.C1CCOC1.CNC(=S)NN.CNC(=S)NNC(=O)CC(CC(=O)O)c1ccc2c(c1)OCO2.Cn1c(CC(CC(=O)O)c2ccc3c(c2)OCO3)n[nH]c1=S.Cn1c(CC(CC(=O)O)c2ccc3c(c2)OCO3)nnc1SCCc1ccc2c(n1)NCCC2.O=C1CC(c2ccc3c(c2)OCO3)CC(=O)O1. The van der Waals surface area contributed by atoms with Crippen molar-refractivity contribution in [1.82, 2.24) is 66.4 Å². The summed E-state index contributed by atoms with van der Waals surface area (Å²) in [5, 5.41) is 57.8. The number of aromatic nitrogens is 8. The van der Waals surface area contributed by atoms with Gasteiger partial charge in [0.05, 0.1) is 32.1 Å². The van der Waals surface area contributed by atoms with Crippen molar-refractivity contribution in [2.45, 2.75) is 132 Å². The van der Waals surface area contributed by atoms with Gasteiger partial charge in [-0.25, -0.2) is 15.8 Å². The number of carboxylic acids is 3. The number of hydrogen-bond donors (Lipinski definition) is 12. The van der Waals surface area contributed by atoms with Crippen LogP contribution in [-0.4, -0.2) is 179 Å². The summed E-state index contributed by atoms with van der Waals surface area (Å²) in [5.41, 5.74) is 15.4. The Morgan fingerprint density at radius 1 is 0.575 bits per heavy atom. The van der Waals surface area contributed by atoms with Crippen molar-refractivity contribution >= 4 is 122 Å². The number of aromatic amines is 1. The highest BCUT2D eigenvalue weighted by atomic mass is 79.9. The largest absolute Gasteiger partial charge is 0.481 e. The first-order chi connectivity index (χ1) is 58.0. The summed E-state index contributed by atoms with van der Waals surface area (Å²) in [6.45, 7) is 4.77. The first kappa shape index (κ1) is 91.1. The van der Waals surface area contributed by atoms with Gasteiger partial charge in [-0.3, -0.25) is 44.7 Å². The molecule has 120 heavy (non-hydrogen) atoms. The van der Waals surface area contributed by atoms with E-state index < -0.39 is 35.8 Å². The number of ether oxygens (including phenoxy) is 10. The summed E-state index contributed by atoms with van der Waals surface area (Å²) in [5.74, 6) is 9.29. The zero-order valence-corrected chi connectivity index (χ0v) is 71.4. The number of hydrogen-bond acceptors (Lipinski definition) is 28. The minimum absolute atomic E-state index is 0.000728. The number of halogens is 1. The molecule has 1 amide bonds. The number of rotatable bonds is 22. The van der Waals surface area contributed by atoms with E-state index in [9.17, 15) is 39.0 Å². The minimum atomic E-state index is -0.987. The van der Waals surface area contributed by atoms with Gasteiger partial charge in [0.1, 0.15) is 23.3 Å². The fourth-order valence-electron chi connectivity index (χ4n) is 13.2. The van der Waals surface area contributed by atoms with Gasteiger partial charge in [0.25, 0.3) is 0 Å². The number of nitrogens with two attached hydrogens (primary N) is 1. The molecule has 8 aliphatic heterocycles. The van der Waals surface area contributed by atoms with Crippen LogP contribution < -0.4 is 81.3 Å². The number of cyclic esters (lactones) is 2. The van der Waals surface area contributed by atoms with Crippen LogP contribution in [0.2, 0.25) is 0 Å². The third-order valence-electron chi connectivity index (χ3n) is 19.5. The molecule has 2 fully saturated rings. The molecular weight excluding hydrogens is 1700 g/mol. The number of aryl methyl sites for hydroxylation is 4. The van der Waals surface area contributed by atoms with Crippen molar-refractivity contribution in [3.05, 3.63) is 158 Å². The van der Waals surface area contributed by atoms with Gasteiger partial charge in [0.15, 0.2) is 66.1 Å². The van der Waals surface area contributed by atoms with E-state index in [0.29, 0.717) is 80.1 Å². The van der Waals surface area contributed by atoms with Crippen molar-refractivity contribution in [2.75, 3.05) is 89.3 Å². The molecule has 0 aliphatic carbocycles. The lowest BCUT2D eigenvalue weighted by atomic mass is 9.91. The Labute approximate surface area is 720 Å². The topological polar surface area (TPSA) is 456 Å². The van der Waals surface area contributed by atoms with Gasteiger partial charge in [-0.1, -0.05) is 64.1 Å². The number of thioether (sulfide) groups is 1. The highest BCUT2D eigenvalue weighted by molar-refractivity contribution is 9.09. The maximum absolute atomic E-state index is 12.0. The van der Waals surface area contributed by atoms with Gasteiger partial charge >= 0.3 is 29.8 Å². The number of esters is 2. The minimum Gasteiger partial charge on any atom is -0.481 e. The summed E-state index contributed by atoms with van der Waals surface area (Å²) in [6, 6.07) is 30.3. The Kier molecular flexibility index (Phi) is 35.3. The normalized spacial score (nSPS) is 15.0. The van der Waals surface area contributed by atoms with Gasteiger partial charge in [-0.05, 0) is 182 Å². The molecule has 3 atom stereocenters. The molecule has 0 saturated carbocycles. The second-order valence-electron chi connectivity index (χ2n) is 27.9. The van der Waals surface area contributed by atoms with Crippen molar-refractivity contribution in [3.8, 4) is 46.0 Å². The van der Waals surface area contributed by atoms with Gasteiger partial charge < -0.3 is 98.5 Å². The number of hydrazine groups is 2. The lowest BCUT2D eigenvalue weighted by molar-refractivity contribution is -0.164. The molecule has 3 unspecified atom stereocenters. The maximum Gasteiger partial charge on any atom is 0.314 e. The number of nitrogens with one attached hydrogen (secondary N) is 8. The monoisotopic (exact) mass is 1790 g/mol. The van der Waals surface area contributed by atoms with E-state index in [1.165, 1.54) is 42.5 Å². The van der Waals surface area contributed by atoms with E-state index >= 15 is 0 Å². The lowest BCUT2D eigenvalue weighted by Gasteiger charge is -2.20. The Bertz CT molecular complexity index is 4910. The quantitative estimate of drug-likeness (QED) is 0.00571. The van der Waals surface area contributed by atoms with Crippen molar-refractivity contribution < 1.29 is 91.5 Å². The Balaban J connectivity index is 0.000000157. The average Bonchev–Trinajstić information content (AvgIpc) is 1.67. The van der Waals surface area contributed by atoms with E-state index in [4.69, 9.17) is 83.0 Å². The van der Waals surface area contributed by atoms with Crippen molar-refractivity contribution in [3.63, 3.8) is 0 Å². The molecule has 4 aromatic heterocycles. The molecule has 16 rings (SSSR count). The second kappa shape index (κ2) is 46.4. The molecule has 8 aliphatic rings. The third kappa shape index (κ3) is 27.7. The number of amides is 1. The number of carboxylic acid groups (broad SMARTS) is 3. The van der Waals surface area contributed by atoms with E-state index in [-0.39, 0.29) is 94.5 Å². The number of thiocarbonyl (C=S) groups is 2. The molecule has 0 spiro atoms. The number of pyridine rings is 2. The standard InChI is InChI=1S/C24H27N5O4S.C14H17N3O5S.C14H15N3O4S.C12H10O5.C10H13BrN2.C4H8O.C2H7N3S/c1-29-21(12-17(13-22(30)31)16-5-7-19-20(11-16)33-14-32-19)27-28-24(29)34-10-8-18-6-4-15-3-2-9-25-23(15)26-18;1-15-14(23)17-16-12(18)5-9(6-13(19)20)8-2-3-10-11(4-8)22-7-21-10;1-17-12(15-16-14(17)22)5-9(6-13(18)19)8-2-3-10-11(4-8)21-7-20-10;13-11-4-8(5-12(14)17-11)7-1-2-9-10(3-7)16-6-15-9;11-6-5-9-4-3-8-2-1-7-12-10(8)13-9;1-2-4-5-3-1;1-4-2(6)5-3/h4-7,11,17H,2-3,8-10,12-14H2,1H3,(H,25,26)(H,30,31);2-4,9H,5-7H2,1H3,(H,16,18)(H,19,20)(H2,15,17,23);2-4,9H,5-7H2,1H3,(H,16,22)(H,18,19);1-3,8H,4-6H2;3-4H,1-2,5-7H2,(H,12,13);1-4H2;3H2,1H3,(H2,4,5,6). The van der Waals surface area contributed by atoms with E-state index in [1.807, 2.05) is 54.1 Å². The zero-order valence-electron chi connectivity index (χ0n) is 66.5. The molecule has 40 heteroatoms. The first-order valence-electron chi connectivity index (χ1n) is 38.7. The Morgan fingerprint density at radius 2 is 1.04 bits per heavy atom. The van der Waals surface area contributed by atoms with Crippen LogP contribution in [0.5, 0.6) is 46.0 Å². The number of carbonyl (C=O) groups excluding carboxylic acids is 3. The number of H-pyrrole nitrogens is 1. The Morgan fingerprint density at radius 3 is 1.49 bits per heavy atom. The fraction of sp³-hybridized carbons (Fsp3) is 0.425. The number of carbonyl (C=O) groups is 6. The highest BCUT2D eigenvalue weighted by Gasteiger charge is 2.31. The smallest absolute Gasteiger partial charge is 0.314 e. The van der Waals surface area contributed by atoms with Crippen LogP contribution in [0.4, 0.5) is 11.6 Å². The first-order valence-corrected chi connectivity index (χ1v) is 42.0. The van der Waals surface area contributed by atoms with Gasteiger partial charge in [0.2, 0.25) is 33.1 Å². The van der Waals surface area contributed by atoms with Gasteiger partial charge in [-0.15, -0.1) is 10.2 Å². The second-order valence-corrected chi connectivity index (χ2v) is 30.9. The molecule has 642 valence electrons. The van der Waals surface area contributed by atoms with Gasteiger partial charge in [0, 0.05) is 120 Å². The van der Waals surface area contributed by atoms with Crippen LogP contribution in [0.25, 0.3) is 0 Å². The third-order valence-corrected chi connectivity index (χ3v) is 22.0. The maximum atomic E-state index is 12.0. The summed E-state index contributed by atoms with van der Waals surface area (Å²) in [6.07, 6.45) is 10.2. The number of nitrogens with zero attached hydrogens (tertiary/aromatic N) is 7. The van der Waals surface area contributed by atoms with Crippen LogP contribution in [0.15, 0.2) is 102 Å². The molecule has 35 nitrogen and oxygen atoms in total. The number of fused-ring (bicyclic) bond motifs is 6. The van der Waals surface area contributed by atoms with Gasteiger partial charge in [-0.2, -0.15) is 5.10 Å². The number of benzene rings is 4. The molecule has 2 saturated heterocycles. The van der Waals surface area contributed by atoms with E-state index in [0.717, 1.165) is 108 Å². The van der Waals surface area contributed by atoms with E-state index in [2.05, 4.69) is 120 Å². The summed E-state index contributed by atoms with van der Waals surface area (Å²) < 4.78 is 56.1. The number of aliphatic carboxylic acids is 3. The molecule has 12 heterocycles. The Hall–Kier alpha value is -11.2. The highest BCUT2D eigenvalue weighted by Crippen LogP contribution is 2.41. The molecule has 13 N–H and O–H groups in total. The van der Waals surface area contributed by atoms with Crippen molar-refractivity contribution in [1.29, 1.82) is 0 Å². The molecule has 8 aromatic rings. The van der Waals surface area contributed by atoms with Crippen LogP contribution in [0.3, 0.4) is 0 Å². The predicted octanol–water partition coefficient (Wildman–Crippen LogP) is 9.42. The zero-order chi connectivity index (χ0) is 85.5. The molecule has 0 radical (unpaired) electrons.